The van der Waals surface area contributed by atoms with Gasteiger partial charge < -0.3 is 14.5 Å². The lowest BCUT2D eigenvalue weighted by molar-refractivity contribution is 0.109. The summed E-state index contributed by atoms with van der Waals surface area (Å²) in [6.07, 6.45) is 4.74. The second-order valence-electron chi connectivity index (χ2n) is 9.54. The number of carbonyl (C=O) groups is 1. The molecule has 1 aromatic carbocycles. The summed E-state index contributed by atoms with van der Waals surface area (Å²) in [5.41, 5.74) is 3.12. The van der Waals surface area contributed by atoms with E-state index in [1.807, 2.05) is 23.3 Å². The Morgan fingerprint density at radius 3 is 2.76 bits per heavy atom. The lowest BCUT2D eigenvalue weighted by Crippen LogP contribution is -2.51. The number of amides is 2. The van der Waals surface area contributed by atoms with Gasteiger partial charge in [0.05, 0.1) is 12.3 Å². The summed E-state index contributed by atoms with van der Waals surface area (Å²) >= 11 is 1.47. The van der Waals surface area contributed by atoms with Gasteiger partial charge in [-0.05, 0) is 63.4 Å². The molecular weight excluding hydrogens is 446 g/mol. The number of rotatable bonds is 8. The number of carbonyl (C=O) groups excluding carboxylic acids is 1. The third-order valence-corrected chi connectivity index (χ3v) is 7.53. The van der Waals surface area contributed by atoms with E-state index in [2.05, 4.69) is 41.2 Å². The number of aryl methyl sites for hydroxylation is 1. The Bertz CT molecular complexity index is 941. The summed E-state index contributed by atoms with van der Waals surface area (Å²) in [6.45, 7) is 11.8. The molecule has 0 radical (unpaired) electrons. The lowest BCUT2D eigenvalue weighted by atomic mass is 9.97. The standard InChI is InChI=1S/C26H39N5O2S/c1-4-7-20-9-10-24(33-5-2)22(16-20)23-19-34-25(27-23)28-26(32)31-14-12-30(13-15-31)18-21-8-6-11-29(3)17-21/h9-10,16,19,21H,4-8,11-15,17-18H2,1-3H3,(H,27,28,32). The number of likely N-dealkylation sites (tertiary alicyclic amines) is 1. The van der Waals surface area contributed by atoms with Crippen molar-refractivity contribution in [3.8, 4) is 17.0 Å². The first-order chi connectivity index (χ1) is 16.6. The van der Waals surface area contributed by atoms with E-state index in [-0.39, 0.29) is 6.03 Å². The Labute approximate surface area is 208 Å². The maximum atomic E-state index is 12.9. The number of nitrogens with one attached hydrogen (secondary N) is 1. The van der Waals surface area contributed by atoms with Crippen molar-refractivity contribution in [2.45, 2.75) is 39.5 Å². The highest BCUT2D eigenvalue weighted by atomic mass is 32.1. The maximum absolute atomic E-state index is 12.9. The van der Waals surface area contributed by atoms with Crippen LogP contribution in [0.4, 0.5) is 9.93 Å². The zero-order valence-corrected chi connectivity index (χ0v) is 21.7. The average molecular weight is 486 g/mol. The van der Waals surface area contributed by atoms with Gasteiger partial charge in [0.2, 0.25) is 0 Å². The fraction of sp³-hybridized carbons (Fsp3) is 0.615. The van der Waals surface area contributed by atoms with E-state index in [0.29, 0.717) is 11.7 Å². The number of piperazine rings is 1. The summed E-state index contributed by atoms with van der Waals surface area (Å²) in [5, 5.41) is 5.66. The predicted octanol–water partition coefficient (Wildman–Crippen LogP) is 4.65. The van der Waals surface area contributed by atoms with Gasteiger partial charge in [-0.15, -0.1) is 11.3 Å². The molecule has 2 aromatic rings. The van der Waals surface area contributed by atoms with Gasteiger partial charge in [-0.3, -0.25) is 10.2 Å². The van der Waals surface area contributed by atoms with Crippen molar-refractivity contribution in [3.63, 3.8) is 0 Å². The minimum Gasteiger partial charge on any atom is -0.493 e. The first-order valence-corrected chi connectivity index (χ1v) is 13.6. The van der Waals surface area contributed by atoms with E-state index in [9.17, 15) is 4.79 Å². The molecule has 34 heavy (non-hydrogen) atoms. The van der Waals surface area contributed by atoms with Crippen LogP contribution in [-0.4, -0.2) is 85.2 Å². The van der Waals surface area contributed by atoms with Crippen molar-refractivity contribution in [2.24, 2.45) is 5.92 Å². The van der Waals surface area contributed by atoms with Crippen LogP contribution >= 0.6 is 11.3 Å². The fourth-order valence-corrected chi connectivity index (χ4v) is 5.75. The molecule has 2 aliphatic heterocycles. The highest BCUT2D eigenvalue weighted by Crippen LogP contribution is 2.33. The Kier molecular flexibility index (Phi) is 8.80. The van der Waals surface area contributed by atoms with Crippen LogP contribution in [0.2, 0.25) is 0 Å². The predicted molar refractivity (Wildman–Crippen MR) is 140 cm³/mol. The number of hydrogen-bond acceptors (Lipinski definition) is 6. The minimum atomic E-state index is -0.0530. The smallest absolute Gasteiger partial charge is 0.323 e. The van der Waals surface area contributed by atoms with Gasteiger partial charge in [-0.1, -0.05) is 19.4 Å². The van der Waals surface area contributed by atoms with E-state index in [4.69, 9.17) is 9.72 Å². The molecule has 1 aromatic heterocycles. The fourth-order valence-electron chi connectivity index (χ4n) is 5.05. The van der Waals surface area contributed by atoms with Crippen molar-refractivity contribution in [1.82, 2.24) is 19.7 Å². The molecule has 0 saturated carbocycles. The van der Waals surface area contributed by atoms with Gasteiger partial charge >= 0.3 is 6.03 Å². The van der Waals surface area contributed by atoms with Crippen LogP contribution in [0, 0.1) is 5.92 Å². The molecule has 1 N–H and O–H groups in total. The Morgan fingerprint density at radius 1 is 1.21 bits per heavy atom. The van der Waals surface area contributed by atoms with Gasteiger partial charge in [-0.25, -0.2) is 9.78 Å². The molecule has 0 spiro atoms. The Hall–Kier alpha value is -2.16. The SMILES string of the molecule is CCCc1ccc(OCC)c(-c2csc(NC(=O)N3CCN(CC4CCCN(C)C4)CC3)n2)c1. The van der Waals surface area contributed by atoms with E-state index < -0.39 is 0 Å². The number of hydrogen-bond donors (Lipinski definition) is 1. The molecule has 0 bridgehead atoms. The first kappa shape index (κ1) is 24.9. The van der Waals surface area contributed by atoms with Crippen molar-refractivity contribution in [1.29, 1.82) is 0 Å². The monoisotopic (exact) mass is 485 g/mol. The van der Waals surface area contributed by atoms with Gasteiger partial charge in [0, 0.05) is 50.2 Å². The molecule has 2 saturated heterocycles. The molecule has 2 fully saturated rings. The quantitative estimate of drug-likeness (QED) is 0.590. The van der Waals surface area contributed by atoms with Crippen molar-refractivity contribution in [2.75, 3.05) is 64.8 Å². The average Bonchev–Trinajstić information content (AvgIpc) is 3.29. The highest BCUT2D eigenvalue weighted by molar-refractivity contribution is 7.14. The molecule has 4 rings (SSSR count). The van der Waals surface area contributed by atoms with E-state index in [0.717, 1.165) is 68.5 Å². The number of anilines is 1. The van der Waals surface area contributed by atoms with Crippen LogP contribution < -0.4 is 10.1 Å². The summed E-state index contributed by atoms with van der Waals surface area (Å²) in [4.78, 5) is 24.5. The highest BCUT2D eigenvalue weighted by Gasteiger charge is 2.25. The molecule has 186 valence electrons. The molecule has 2 amide bonds. The third kappa shape index (κ3) is 6.49. The van der Waals surface area contributed by atoms with Crippen LogP contribution in [0.15, 0.2) is 23.6 Å². The summed E-state index contributed by atoms with van der Waals surface area (Å²) in [6, 6.07) is 6.27. The summed E-state index contributed by atoms with van der Waals surface area (Å²) in [5.74, 6) is 1.59. The number of ether oxygens (including phenoxy) is 1. The van der Waals surface area contributed by atoms with E-state index >= 15 is 0 Å². The summed E-state index contributed by atoms with van der Waals surface area (Å²) in [7, 11) is 2.22. The number of piperidine rings is 1. The lowest BCUT2D eigenvalue weighted by Gasteiger charge is -2.38. The third-order valence-electron chi connectivity index (χ3n) is 6.77. The second-order valence-corrected chi connectivity index (χ2v) is 10.4. The maximum Gasteiger partial charge on any atom is 0.323 e. The van der Waals surface area contributed by atoms with Crippen LogP contribution in [0.5, 0.6) is 5.75 Å². The number of urea groups is 1. The molecule has 2 aliphatic rings. The van der Waals surface area contributed by atoms with Gasteiger partial charge in [-0.2, -0.15) is 0 Å². The zero-order chi connectivity index (χ0) is 23.9. The number of thiazole rings is 1. The molecule has 1 unspecified atom stereocenters. The van der Waals surface area contributed by atoms with Crippen LogP contribution in [0.25, 0.3) is 11.3 Å². The molecular formula is C26H39N5O2S. The van der Waals surface area contributed by atoms with Crippen molar-refractivity contribution >= 4 is 22.5 Å². The van der Waals surface area contributed by atoms with E-state index in [1.165, 1.54) is 42.8 Å². The second kappa shape index (κ2) is 12.0. The van der Waals surface area contributed by atoms with Crippen LogP contribution in [0.3, 0.4) is 0 Å². The molecule has 1 atom stereocenters. The topological polar surface area (TPSA) is 60.9 Å². The van der Waals surface area contributed by atoms with Gasteiger partial charge in [0.25, 0.3) is 0 Å². The number of benzene rings is 1. The molecule has 7 nitrogen and oxygen atoms in total. The zero-order valence-electron chi connectivity index (χ0n) is 20.9. The van der Waals surface area contributed by atoms with Crippen LogP contribution in [-0.2, 0) is 6.42 Å². The van der Waals surface area contributed by atoms with Crippen molar-refractivity contribution < 1.29 is 9.53 Å². The largest absolute Gasteiger partial charge is 0.493 e. The summed E-state index contributed by atoms with van der Waals surface area (Å²) < 4.78 is 5.84. The normalized spacial score (nSPS) is 19.9. The van der Waals surface area contributed by atoms with E-state index in [1.54, 1.807) is 0 Å². The molecule has 8 heteroatoms. The van der Waals surface area contributed by atoms with Gasteiger partial charge in [0.1, 0.15) is 5.75 Å². The Morgan fingerprint density at radius 2 is 2.03 bits per heavy atom. The van der Waals surface area contributed by atoms with Crippen LogP contribution in [0.1, 0.15) is 38.7 Å². The first-order valence-electron chi connectivity index (χ1n) is 12.7. The Balaban J connectivity index is 1.32. The van der Waals surface area contributed by atoms with Crippen molar-refractivity contribution in [3.05, 3.63) is 29.1 Å². The molecule has 3 heterocycles. The number of nitrogens with zero attached hydrogens (tertiary/aromatic N) is 4. The number of aromatic nitrogens is 1. The van der Waals surface area contributed by atoms with Gasteiger partial charge in [0.15, 0.2) is 5.13 Å². The molecule has 0 aliphatic carbocycles. The minimum absolute atomic E-state index is 0.0530.